The van der Waals surface area contributed by atoms with Crippen LogP contribution < -0.4 is 10.2 Å². The summed E-state index contributed by atoms with van der Waals surface area (Å²) < 4.78 is 30.3. The molecule has 0 spiro atoms. The number of carbonyl (C=O) groups is 2. The molecule has 72 heavy (non-hydrogen) atoms. The van der Waals surface area contributed by atoms with Crippen molar-refractivity contribution in [2.75, 3.05) is 40.9 Å². The number of rotatable bonds is 57. The summed E-state index contributed by atoms with van der Waals surface area (Å²) in [5.74, 6) is -0.527. The minimum absolute atomic E-state index is 0.0186. The number of ether oxygens (including phenoxy) is 1. The van der Waals surface area contributed by atoms with Crippen molar-refractivity contribution in [3.8, 4) is 0 Å². The van der Waals surface area contributed by atoms with Gasteiger partial charge in [0.25, 0.3) is 7.82 Å². The number of hydrogen-bond donors (Lipinski definition) is 1. The second kappa shape index (κ2) is 52.9. The molecule has 1 N–H and O–H groups in total. The fourth-order valence-corrected chi connectivity index (χ4v) is 10.0. The number of amides is 1. The van der Waals surface area contributed by atoms with Gasteiger partial charge in [-0.25, -0.2) is 0 Å². The van der Waals surface area contributed by atoms with Crippen molar-refractivity contribution in [1.29, 1.82) is 0 Å². The number of allylic oxidation sites excluding steroid dienone is 3. The molecule has 0 aliphatic carbocycles. The number of quaternary nitrogens is 1. The molecular weight excluding hydrogens is 916 g/mol. The van der Waals surface area contributed by atoms with Crippen LogP contribution in [-0.4, -0.2) is 69.4 Å². The lowest BCUT2D eigenvalue weighted by Crippen LogP contribution is -2.47. The second-order valence-electron chi connectivity index (χ2n) is 22.6. The Balaban J connectivity index is 5.08. The Bertz CT molecular complexity index is 1290. The number of carbonyl (C=O) groups excluding carboxylic acids is 2. The summed E-state index contributed by atoms with van der Waals surface area (Å²) in [5.41, 5.74) is 0. The zero-order valence-electron chi connectivity index (χ0n) is 48.7. The van der Waals surface area contributed by atoms with Crippen LogP contribution in [-0.2, 0) is 27.9 Å². The molecule has 10 heteroatoms. The second-order valence-corrected chi connectivity index (χ2v) is 24.0. The molecule has 3 unspecified atom stereocenters. The summed E-state index contributed by atoms with van der Waals surface area (Å²) in [4.78, 5) is 39.9. The van der Waals surface area contributed by atoms with Crippen LogP contribution in [0, 0.1) is 0 Å². The average molecular weight is 1040 g/mol. The van der Waals surface area contributed by atoms with Crippen LogP contribution in [0.15, 0.2) is 24.3 Å². The van der Waals surface area contributed by atoms with Crippen molar-refractivity contribution in [3.05, 3.63) is 24.3 Å². The summed E-state index contributed by atoms with van der Waals surface area (Å²) in [5, 5.41) is 3.03. The van der Waals surface area contributed by atoms with Gasteiger partial charge in [-0.3, -0.25) is 14.2 Å². The summed E-state index contributed by atoms with van der Waals surface area (Å²) in [7, 11) is 1.20. The normalized spacial score (nSPS) is 13.8. The van der Waals surface area contributed by atoms with Gasteiger partial charge in [0, 0.05) is 12.8 Å². The van der Waals surface area contributed by atoms with Crippen molar-refractivity contribution >= 4 is 19.7 Å². The quantitative estimate of drug-likeness (QED) is 0.0212. The first-order valence-electron chi connectivity index (χ1n) is 31.1. The van der Waals surface area contributed by atoms with Gasteiger partial charge >= 0.3 is 5.97 Å². The van der Waals surface area contributed by atoms with Gasteiger partial charge in [0.15, 0.2) is 0 Å². The number of nitrogens with one attached hydrogen (secondary N) is 1. The van der Waals surface area contributed by atoms with Gasteiger partial charge in [-0.1, -0.05) is 264 Å². The van der Waals surface area contributed by atoms with Gasteiger partial charge < -0.3 is 28.5 Å². The molecule has 0 aromatic carbocycles. The summed E-state index contributed by atoms with van der Waals surface area (Å²) in [6, 6.07) is -0.881. The zero-order valence-corrected chi connectivity index (χ0v) is 49.6. The maximum atomic E-state index is 13.5. The van der Waals surface area contributed by atoms with Crippen molar-refractivity contribution < 1.29 is 37.3 Å². The number of hydrogen-bond acceptors (Lipinski definition) is 7. The van der Waals surface area contributed by atoms with Crippen molar-refractivity contribution in [2.45, 2.75) is 322 Å². The number of esters is 1. The van der Waals surface area contributed by atoms with Crippen LogP contribution in [0.25, 0.3) is 0 Å². The van der Waals surface area contributed by atoms with E-state index in [-0.39, 0.29) is 31.5 Å². The monoisotopic (exact) mass is 1040 g/mol. The van der Waals surface area contributed by atoms with E-state index in [1.165, 1.54) is 218 Å². The lowest BCUT2D eigenvalue weighted by Gasteiger charge is -2.30. The molecular formula is C62H121N2O7P. The van der Waals surface area contributed by atoms with Crippen LogP contribution in [0.3, 0.4) is 0 Å². The highest BCUT2D eigenvalue weighted by Gasteiger charge is 2.27. The number of phosphoric ester groups is 1. The van der Waals surface area contributed by atoms with Crippen LogP contribution in [0.5, 0.6) is 0 Å². The Morgan fingerprint density at radius 1 is 0.472 bits per heavy atom. The van der Waals surface area contributed by atoms with Gasteiger partial charge in [0.05, 0.1) is 33.8 Å². The predicted octanol–water partition coefficient (Wildman–Crippen LogP) is 18.3. The highest BCUT2D eigenvalue weighted by Crippen LogP contribution is 2.38. The van der Waals surface area contributed by atoms with E-state index in [4.69, 9.17) is 13.8 Å². The largest absolute Gasteiger partial charge is 0.756 e. The fraction of sp³-hybridized carbons (Fsp3) is 0.903. The van der Waals surface area contributed by atoms with Crippen molar-refractivity contribution in [2.24, 2.45) is 0 Å². The van der Waals surface area contributed by atoms with Gasteiger partial charge in [-0.15, -0.1) is 0 Å². The van der Waals surface area contributed by atoms with Crippen LogP contribution >= 0.6 is 7.82 Å². The van der Waals surface area contributed by atoms with Crippen molar-refractivity contribution in [1.82, 2.24) is 5.32 Å². The molecule has 0 aromatic heterocycles. The number of phosphoric acid groups is 1. The summed E-state index contributed by atoms with van der Waals surface area (Å²) >= 11 is 0. The summed E-state index contributed by atoms with van der Waals surface area (Å²) in [6.07, 6.45) is 61.5. The van der Waals surface area contributed by atoms with Crippen LogP contribution in [0.1, 0.15) is 310 Å². The van der Waals surface area contributed by atoms with Gasteiger partial charge in [0.2, 0.25) is 5.91 Å². The molecule has 0 heterocycles. The Hall–Kier alpha value is -1.51. The minimum Gasteiger partial charge on any atom is -0.756 e. The zero-order chi connectivity index (χ0) is 52.9. The van der Waals surface area contributed by atoms with E-state index in [0.717, 1.165) is 57.8 Å². The van der Waals surface area contributed by atoms with E-state index in [1.54, 1.807) is 0 Å². The highest BCUT2D eigenvalue weighted by atomic mass is 31.2. The molecule has 0 aromatic rings. The third kappa shape index (κ3) is 53.3. The topological polar surface area (TPSA) is 114 Å². The molecule has 1 amide bonds. The van der Waals surface area contributed by atoms with E-state index in [2.05, 4.69) is 38.2 Å². The third-order valence-corrected chi connectivity index (χ3v) is 15.1. The number of nitrogens with zero attached hydrogens (tertiary/aromatic N) is 1. The number of likely N-dealkylation sites (N-methyl/N-ethyl adjacent to an activating group) is 1. The predicted molar refractivity (Wildman–Crippen MR) is 307 cm³/mol. The molecule has 0 saturated carbocycles. The first-order valence-corrected chi connectivity index (χ1v) is 32.6. The standard InChI is InChI=1S/C62H121N2O7P/c1-7-10-13-16-19-22-25-27-28-29-30-31-32-33-34-35-36-37-40-42-45-48-51-54-61(65)63-59(58-70-72(67,68)69-57-56-64(4,5)6)60(53-50-47-44-41-39-26-23-20-17-14-11-8-2)71-62(66)55-52-49-46-43-38-24-21-18-15-12-9-3/h27-28,50,53,59-60H,7-26,29-49,51-52,54-58H2,1-6H3,(H-,63,65,67,68)/b28-27+,53-50-. The Kier molecular flexibility index (Phi) is 51.8. The molecule has 3 atom stereocenters. The molecule has 0 saturated heterocycles. The van der Waals surface area contributed by atoms with E-state index < -0.39 is 20.0 Å². The Morgan fingerprint density at radius 3 is 1.18 bits per heavy atom. The third-order valence-electron chi connectivity index (χ3n) is 14.1. The molecule has 426 valence electrons. The van der Waals surface area contributed by atoms with Crippen LogP contribution in [0.4, 0.5) is 0 Å². The molecule has 0 fully saturated rings. The smallest absolute Gasteiger partial charge is 0.306 e. The van der Waals surface area contributed by atoms with E-state index >= 15 is 0 Å². The van der Waals surface area contributed by atoms with Crippen molar-refractivity contribution in [3.63, 3.8) is 0 Å². The van der Waals surface area contributed by atoms with E-state index in [1.807, 2.05) is 33.3 Å². The van der Waals surface area contributed by atoms with E-state index in [9.17, 15) is 19.0 Å². The molecule has 0 rings (SSSR count). The number of unbranched alkanes of at least 4 members (excludes halogenated alkanes) is 39. The lowest BCUT2D eigenvalue weighted by atomic mass is 10.0. The Labute approximate surface area is 447 Å². The molecule has 9 nitrogen and oxygen atoms in total. The molecule has 0 aliphatic heterocycles. The first kappa shape index (κ1) is 70.5. The molecule has 0 bridgehead atoms. The van der Waals surface area contributed by atoms with Crippen LogP contribution in [0.2, 0.25) is 0 Å². The fourth-order valence-electron chi connectivity index (χ4n) is 9.28. The van der Waals surface area contributed by atoms with E-state index in [0.29, 0.717) is 17.4 Å². The first-order chi connectivity index (χ1) is 34.9. The minimum atomic E-state index is -4.69. The van der Waals surface area contributed by atoms with Gasteiger partial charge in [-0.2, -0.15) is 0 Å². The Morgan fingerprint density at radius 2 is 0.806 bits per heavy atom. The molecule has 0 aliphatic rings. The van der Waals surface area contributed by atoms with Gasteiger partial charge in [0.1, 0.15) is 19.3 Å². The maximum absolute atomic E-state index is 13.5. The van der Waals surface area contributed by atoms with Gasteiger partial charge in [-0.05, 0) is 57.4 Å². The highest BCUT2D eigenvalue weighted by molar-refractivity contribution is 7.45. The lowest BCUT2D eigenvalue weighted by molar-refractivity contribution is -0.870. The summed E-state index contributed by atoms with van der Waals surface area (Å²) in [6.45, 7) is 6.86. The molecule has 0 radical (unpaired) electrons. The average Bonchev–Trinajstić information content (AvgIpc) is 3.34. The SMILES string of the molecule is CCCCCCCC/C=C/CCCCCCCCCCCCCCCC(=O)NC(COP(=O)([O-])OCC[N+](C)(C)C)C(/C=C\CCCCCCCCCCCC)OC(=O)CCCCCCCCCCCCC. The maximum Gasteiger partial charge on any atom is 0.306 e.